The van der Waals surface area contributed by atoms with Crippen molar-refractivity contribution < 1.29 is 27.5 Å². The van der Waals surface area contributed by atoms with Crippen molar-refractivity contribution in [3.8, 4) is 17.1 Å². The third-order valence-corrected chi connectivity index (χ3v) is 6.23. The maximum Gasteiger partial charge on any atom is 0.220 e. The molecule has 1 fully saturated rings. The number of likely N-dealkylation sites (N-methyl/N-ethyl adjacent to an activating group) is 1. The van der Waals surface area contributed by atoms with Crippen LogP contribution in [0.25, 0.3) is 11.3 Å². The van der Waals surface area contributed by atoms with Crippen LogP contribution < -0.4 is 10.1 Å². The predicted octanol–water partition coefficient (Wildman–Crippen LogP) is 4.36. The highest BCUT2D eigenvalue weighted by Crippen LogP contribution is 2.24. The van der Waals surface area contributed by atoms with Gasteiger partial charge in [-0.1, -0.05) is 12.1 Å². The van der Waals surface area contributed by atoms with Crippen LogP contribution in [0.3, 0.4) is 0 Å². The van der Waals surface area contributed by atoms with Gasteiger partial charge in [0.1, 0.15) is 24.0 Å². The minimum Gasteiger partial charge on any atom is -0.492 e. The van der Waals surface area contributed by atoms with Crippen molar-refractivity contribution in [3.05, 3.63) is 71.8 Å². The summed E-state index contributed by atoms with van der Waals surface area (Å²) in [5, 5.41) is 2.88. The van der Waals surface area contributed by atoms with E-state index in [-0.39, 0.29) is 30.1 Å². The van der Waals surface area contributed by atoms with Crippen LogP contribution in [0.2, 0.25) is 0 Å². The van der Waals surface area contributed by atoms with Gasteiger partial charge in [-0.3, -0.25) is 9.69 Å². The molecule has 0 bridgehead atoms. The van der Waals surface area contributed by atoms with Crippen LogP contribution in [-0.4, -0.2) is 55.2 Å². The highest BCUT2D eigenvalue weighted by molar-refractivity contribution is 5.76. The molecule has 0 atom stereocenters. The maximum atomic E-state index is 13.9. The molecule has 4 rings (SSSR count). The number of nitrogens with zero attached hydrogens (tertiary/aromatic N) is 2. The van der Waals surface area contributed by atoms with Gasteiger partial charge >= 0.3 is 0 Å². The van der Waals surface area contributed by atoms with Gasteiger partial charge < -0.3 is 19.2 Å². The summed E-state index contributed by atoms with van der Waals surface area (Å²) in [7, 11) is 2.12. The van der Waals surface area contributed by atoms with Gasteiger partial charge in [0.05, 0.1) is 11.8 Å². The monoisotopic (exact) mass is 499 g/mol. The van der Waals surface area contributed by atoms with E-state index in [1.807, 2.05) is 24.3 Å². The molecule has 0 aliphatic carbocycles. The Kier molecular flexibility index (Phi) is 9.02. The molecule has 192 valence electrons. The van der Waals surface area contributed by atoms with Gasteiger partial charge in [0.2, 0.25) is 5.91 Å². The van der Waals surface area contributed by atoms with Crippen LogP contribution in [0.5, 0.6) is 5.75 Å². The number of carbonyl (C=O) groups is 1. The largest absolute Gasteiger partial charge is 0.492 e. The van der Waals surface area contributed by atoms with Crippen molar-refractivity contribution in [2.75, 3.05) is 33.4 Å². The fraction of sp³-hybridized carbons (Fsp3) is 0.407. The molecule has 1 aliphatic heterocycles. The number of benzene rings is 2. The third kappa shape index (κ3) is 7.35. The highest BCUT2D eigenvalue weighted by atomic mass is 19.1. The number of aryl methyl sites for hydroxylation is 1. The first-order valence-corrected chi connectivity index (χ1v) is 12.1. The number of hydrogen-bond donors (Lipinski definition) is 1. The van der Waals surface area contributed by atoms with E-state index in [0.717, 1.165) is 56.0 Å². The Morgan fingerprint density at radius 1 is 1.19 bits per heavy atom. The smallest absolute Gasteiger partial charge is 0.220 e. The van der Waals surface area contributed by atoms with Crippen LogP contribution in [0, 0.1) is 11.6 Å². The van der Waals surface area contributed by atoms with Crippen LogP contribution >= 0.6 is 0 Å². The molecular formula is C27H31F2N3O4. The Morgan fingerprint density at radius 2 is 2.03 bits per heavy atom. The van der Waals surface area contributed by atoms with Gasteiger partial charge in [0, 0.05) is 51.3 Å². The number of nitrogens with one attached hydrogen (secondary N) is 1. The number of halogens is 2. The zero-order chi connectivity index (χ0) is 25.3. The second-order valence-electron chi connectivity index (χ2n) is 8.84. The van der Waals surface area contributed by atoms with Crippen molar-refractivity contribution in [2.45, 2.75) is 38.3 Å². The van der Waals surface area contributed by atoms with Gasteiger partial charge in [-0.25, -0.2) is 13.8 Å². The molecule has 0 radical (unpaired) electrons. The lowest BCUT2D eigenvalue weighted by molar-refractivity contribution is -0.121. The summed E-state index contributed by atoms with van der Waals surface area (Å²) in [6.45, 7) is 3.43. The van der Waals surface area contributed by atoms with Crippen molar-refractivity contribution in [2.24, 2.45) is 0 Å². The first kappa shape index (κ1) is 25.8. The average molecular weight is 500 g/mol. The van der Waals surface area contributed by atoms with Crippen LogP contribution in [0.1, 0.15) is 30.7 Å². The fourth-order valence-corrected chi connectivity index (χ4v) is 4.11. The van der Waals surface area contributed by atoms with Gasteiger partial charge in [0.25, 0.3) is 0 Å². The van der Waals surface area contributed by atoms with Gasteiger partial charge in [-0.2, -0.15) is 0 Å². The predicted molar refractivity (Wildman–Crippen MR) is 130 cm³/mol. The van der Waals surface area contributed by atoms with E-state index in [1.165, 1.54) is 12.3 Å². The van der Waals surface area contributed by atoms with E-state index >= 15 is 0 Å². The molecule has 3 aromatic rings. The standard InChI is InChI=1S/C27H31F2N3O4/c1-32(21-9-12-34-13-10-21)11-14-35-22-4-2-3-19(15-22)17-30-26(33)7-8-27-31-18-25(36-27)23-6-5-20(28)16-24(23)29/h2-6,15-16,18,21H,7-14,17H2,1H3,(H,30,33). The summed E-state index contributed by atoms with van der Waals surface area (Å²) in [6, 6.07) is 11.4. The number of rotatable bonds is 11. The van der Waals surface area contributed by atoms with Crippen LogP contribution in [0.15, 0.2) is 53.1 Å². The van der Waals surface area contributed by atoms with Gasteiger partial charge in [-0.05, 0) is 49.7 Å². The van der Waals surface area contributed by atoms with E-state index in [1.54, 1.807) is 0 Å². The Labute approximate surface area is 209 Å². The SMILES string of the molecule is CN(CCOc1cccc(CNC(=O)CCc2ncc(-c3ccc(F)cc3F)o2)c1)C1CCOCC1. The summed E-state index contributed by atoms with van der Waals surface area (Å²) in [6.07, 6.45) is 3.90. The molecule has 2 heterocycles. The van der Waals surface area contributed by atoms with Crippen LogP contribution in [-0.2, 0) is 22.5 Å². The Bertz CT molecular complexity index is 1150. The number of ether oxygens (including phenoxy) is 2. The molecule has 0 saturated carbocycles. The quantitative estimate of drug-likeness (QED) is 0.423. The minimum absolute atomic E-state index is 0.122. The topological polar surface area (TPSA) is 76.8 Å². The lowest BCUT2D eigenvalue weighted by Gasteiger charge is -2.31. The Hall–Kier alpha value is -3.30. The van der Waals surface area contributed by atoms with E-state index < -0.39 is 11.6 Å². The molecule has 1 aromatic heterocycles. The second-order valence-corrected chi connectivity index (χ2v) is 8.84. The number of aromatic nitrogens is 1. The number of oxazole rings is 1. The van der Waals surface area contributed by atoms with Crippen molar-refractivity contribution in [1.82, 2.24) is 15.2 Å². The molecule has 2 aromatic carbocycles. The van der Waals surface area contributed by atoms with Crippen molar-refractivity contribution in [3.63, 3.8) is 0 Å². The zero-order valence-electron chi connectivity index (χ0n) is 20.3. The molecule has 1 aliphatic rings. The lowest BCUT2D eigenvalue weighted by atomic mass is 10.1. The molecule has 1 N–H and O–H groups in total. The summed E-state index contributed by atoms with van der Waals surface area (Å²) < 4.78 is 43.9. The molecular weight excluding hydrogens is 468 g/mol. The molecule has 36 heavy (non-hydrogen) atoms. The molecule has 1 saturated heterocycles. The van der Waals surface area contributed by atoms with Gasteiger partial charge in [0.15, 0.2) is 11.7 Å². The molecule has 9 heteroatoms. The minimum atomic E-state index is -0.729. The third-order valence-electron chi connectivity index (χ3n) is 6.23. The maximum absolute atomic E-state index is 13.9. The number of hydrogen-bond acceptors (Lipinski definition) is 6. The first-order valence-electron chi connectivity index (χ1n) is 12.1. The highest BCUT2D eigenvalue weighted by Gasteiger charge is 2.18. The molecule has 7 nitrogen and oxygen atoms in total. The van der Waals surface area contributed by atoms with E-state index in [9.17, 15) is 13.6 Å². The van der Waals surface area contributed by atoms with E-state index in [2.05, 4.69) is 22.2 Å². The van der Waals surface area contributed by atoms with E-state index in [0.29, 0.717) is 25.1 Å². The van der Waals surface area contributed by atoms with Crippen molar-refractivity contribution in [1.29, 1.82) is 0 Å². The van der Waals surface area contributed by atoms with E-state index in [4.69, 9.17) is 13.9 Å². The summed E-state index contributed by atoms with van der Waals surface area (Å²) >= 11 is 0. The fourth-order valence-electron chi connectivity index (χ4n) is 4.11. The van der Waals surface area contributed by atoms with Crippen LogP contribution in [0.4, 0.5) is 8.78 Å². The summed E-state index contributed by atoms with van der Waals surface area (Å²) in [5.74, 6) is -0.283. The lowest BCUT2D eigenvalue weighted by Crippen LogP contribution is -2.38. The van der Waals surface area contributed by atoms with Crippen molar-refractivity contribution >= 4 is 5.91 Å². The molecule has 0 spiro atoms. The Morgan fingerprint density at radius 3 is 2.83 bits per heavy atom. The average Bonchev–Trinajstić information content (AvgIpc) is 3.35. The summed E-state index contributed by atoms with van der Waals surface area (Å²) in [5.41, 5.74) is 1.06. The number of carbonyl (C=O) groups excluding carboxylic acids is 1. The second kappa shape index (κ2) is 12.6. The summed E-state index contributed by atoms with van der Waals surface area (Å²) in [4.78, 5) is 18.7. The Balaban J connectivity index is 1.19. The normalized spacial score (nSPS) is 14.2. The first-order chi connectivity index (χ1) is 17.5. The molecule has 0 unspecified atom stereocenters. The zero-order valence-corrected chi connectivity index (χ0v) is 20.3. The molecule has 1 amide bonds. The van der Waals surface area contributed by atoms with Gasteiger partial charge in [-0.15, -0.1) is 0 Å². The number of amides is 1.